The van der Waals surface area contributed by atoms with Gasteiger partial charge in [0.05, 0.1) is 6.54 Å². The van der Waals surface area contributed by atoms with E-state index in [0.29, 0.717) is 0 Å². The molecule has 0 aromatic heterocycles. The lowest BCUT2D eigenvalue weighted by molar-refractivity contribution is -0.140. The molecule has 1 N–H and O–H groups in total. The van der Waals surface area contributed by atoms with E-state index in [1.54, 1.807) is 0 Å². The van der Waals surface area contributed by atoms with Gasteiger partial charge in [0, 0.05) is 12.5 Å². The Balaban J connectivity index is 0.00000220. The average Bonchev–Trinajstić information content (AvgIpc) is 2.35. The van der Waals surface area contributed by atoms with Crippen molar-refractivity contribution in [2.24, 2.45) is 11.8 Å². The number of nitrogens with one attached hydrogen (secondary N) is 1. The Hall–Kier alpha value is -1.20. The fourth-order valence-electron chi connectivity index (χ4n) is 2.36. The molecule has 1 aromatic rings. The van der Waals surface area contributed by atoms with Crippen LogP contribution in [0.5, 0.6) is 0 Å². The molecule has 2 rings (SSSR count). The quantitative estimate of drug-likeness (QED) is 0.874. The van der Waals surface area contributed by atoms with Crippen molar-refractivity contribution in [3.8, 4) is 0 Å². The molecule has 1 aliphatic heterocycles. The van der Waals surface area contributed by atoms with Crippen molar-refractivity contribution < 1.29 is 13.6 Å². The highest BCUT2D eigenvalue weighted by Crippen LogP contribution is 2.20. The minimum absolute atomic E-state index is 0. The summed E-state index contributed by atoms with van der Waals surface area (Å²) in [5, 5.41) is 3.11. The van der Waals surface area contributed by atoms with E-state index in [2.05, 4.69) is 5.32 Å². The first kappa shape index (κ1) is 17.9. The highest BCUT2D eigenvalue weighted by molar-refractivity contribution is 5.85. The molecule has 1 heterocycles. The standard InChI is InChI=1S/C15H20F2N2O.ClH/c1-11(13-7-18-8-13)15(20)19(10-14(16)17)9-12-5-3-2-4-6-12;/h2-6,11,13-14,18H,7-10H2,1H3;1H. The zero-order chi connectivity index (χ0) is 14.5. The molecule has 0 saturated carbocycles. The summed E-state index contributed by atoms with van der Waals surface area (Å²) >= 11 is 0. The smallest absolute Gasteiger partial charge is 0.255 e. The van der Waals surface area contributed by atoms with Crippen molar-refractivity contribution in [3.05, 3.63) is 35.9 Å². The minimum atomic E-state index is -2.51. The van der Waals surface area contributed by atoms with Crippen LogP contribution in [-0.2, 0) is 11.3 Å². The van der Waals surface area contributed by atoms with E-state index in [-0.39, 0.29) is 36.7 Å². The van der Waals surface area contributed by atoms with Crippen molar-refractivity contribution in [1.29, 1.82) is 0 Å². The van der Waals surface area contributed by atoms with Gasteiger partial charge < -0.3 is 10.2 Å². The van der Waals surface area contributed by atoms with E-state index in [9.17, 15) is 13.6 Å². The van der Waals surface area contributed by atoms with E-state index < -0.39 is 13.0 Å². The van der Waals surface area contributed by atoms with Gasteiger partial charge in [-0.05, 0) is 24.6 Å². The monoisotopic (exact) mass is 318 g/mol. The second-order valence-electron chi connectivity index (χ2n) is 5.30. The van der Waals surface area contributed by atoms with Crippen molar-refractivity contribution >= 4 is 18.3 Å². The molecular formula is C15H21ClF2N2O. The summed E-state index contributed by atoms with van der Waals surface area (Å²) in [4.78, 5) is 13.7. The van der Waals surface area contributed by atoms with Gasteiger partial charge in [-0.25, -0.2) is 8.78 Å². The van der Waals surface area contributed by atoms with Crippen LogP contribution in [0, 0.1) is 11.8 Å². The van der Waals surface area contributed by atoms with Crippen LogP contribution < -0.4 is 5.32 Å². The van der Waals surface area contributed by atoms with Crippen LogP contribution in [0.25, 0.3) is 0 Å². The number of hydrogen-bond donors (Lipinski definition) is 1. The number of alkyl halides is 2. The summed E-state index contributed by atoms with van der Waals surface area (Å²) in [5.74, 6) is -0.127. The number of carbonyl (C=O) groups is 1. The van der Waals surface area contributed by atoms with Gasteiger partial charge in [-0.1, -0.05) is 37.3 Å². The van der Waals surface area contributed by atoms with Crippen LogP contribution in [0.3, 0.4) is 0 Å². The molecule has 0 bridgehead atoms. The molecule has 1 atom stereocenters. The first-order chi connectivity index (χ1) is 9.58. The molecule has 1 aliphatic rings. The number of halogens is 3. The number of nitrogens with zero attached hydrogens (tertiary/aromatic N) is 1. The lowest BCUT2D eigenvalue weighted by Gasteiger charge is -2.35. The van der Waals surface area contributed by atoms with Crippen LogP contribution in [0.1, 0.15) is 12.5 Å². The highest BCUT2D eigenvalue weighted by Gasteiger charge is 2.32. The molecule has 1 fully saturated rings. The number of benzene rings is 1. The lowest BCUT2D eigenvalue weighted by Crippen LogP contribution is -2.50. The molecule has 6 heteroatoms. The Bertz CT molecular complexity index is 441. The molecule has 1 unspecified atom stereocenters. The average molecular weight is 319 g/mol. The van der Waals surface area contributed by atoms with Gasteiger partial charge in [0.2, 0.25) is 5.91 Å². The van der Waals surface area contributed by atoms with Gasteiger partial charge in [0.15, 0.2) is 0 Å². The van der Waals surface area contributed by atoms with Gasteiger partial charge in [-0.2, -0.15) is 0 Å². The zero-order valence-electron chi connectivity index (χ0n) is 12.0. The molecule has 1 saturated heterocycles. The molecule has 21 heavy (non-hydrogen) atoms. The molecule has 1 amide bonds. The number of amides is 1. The topological polar surface area (TPSA) is 32.3 Å². The fourth-order valence-corrected chi connectivity index (χ4v) is 2.36. The summed E-state index contributed by atoms with van der Waals surface area (Å²) in [7, 11) is 0. The fraction of sp³-hybridized carbons (Fsp3) is 0.533. The van der Waals surface area contributed by atoms with Crippen molar-refractivity contribution in [1.82, 2.24) is 10.2 Å². The highest BCUT2D eigenvalue weighted by atomic mass is 35.5. The van der Waals surface area contributed by atoms with E-state index in [1.807, 2.05) is 37.3 Å². The lowest BCUT2D eigenvalue weighted by atomic mass is 9.88. The maximum Gasteiger partial charge on any atom is 0.255 e. The summed E-state index contributed by atoms with van der Waals surface area (Å²) in [6.07, 6.45) is -2.51. The van der Waals surface area contributed by atoms with Crippen LogP contribution in [0.2, 0.25) is 0 Å². The number of rotatable bonds is 6. The first-order valence-corrected chi connectivity index (χ1v) is 6.89. The van der Waals surface area contributed by atoms with E-state index in [4.69, 9.17) is 0 Å². The number of hydrogen-bond acceptors (Lipinski definition) is 2. The predicted octanol–water partition coefficient (Wildman–Crippen LogP) is 2.56. The van der Waals surface area contributed by atoms with Crippen LogP contribution in [0.4, 0.5) is 8.78 Å². The first-order valence-electron chi connectivity index (χ1n) is 6.89. The van der Waals surface area contributed by atoms with Crippen LogP contribution in [-0.4, -0.2) is 36.9 Å². The van der Waals surface area contributed by atoms with Gasteiger partial charge in [0.25, 0.3) is 6.43 Å². The Morgan fingerprint density at radius 3 is 2.43 bits per heavy atom. The Labute approximate surface area is 130 Å². The predicted molar refractivity (Wildman–Crippen MR) is 80.6 cm³/mol. The zero-order valence-corrected chi connectivity index (χ0v) is 12.8. The third kappa shape index (κ3) is 4.93. The SMILES string of the molecule is CC(C(=O)N(Cc1ccccc1)CC(F)F)C1CNC1.Cl. The van der Waals surface area contributed by atoms with Gasteiger partial charge in [-0.3, -0.25) is 4.79 Å². The minimum Gasteiger partial charge on any atom is -0.332 e. The molecular weight excluding hydrogens is 298 g/mol. The molecule has 118 valence electrons. The Morgan fingerprint density at radius 2 is 1.95 bits per heavy atom. The van der Waals surface area contributed by atoms with Crippen LogP contribution in [0.15, 0.2) is 30.3 Å². The van der Waals surface area contributed by atoms with Crippen molar-refractivity contribution in [2.45, 2.75) is 19.9 Å². The molecule has 0 aliphatic carbocycles. The maximum absolute atomic E-state index is 12.7. The largest absolute Gasteiger partial charge is 0.332 e. The van der Waals surface area contributed by atoms with Crippen molar-refractivity contribution in [3.63, 3.8) is 0 Å². The Morgan fingerprint density at radius 1 is 1.33 bits per heavy atom. The van der Waals surface area contributed by atoms with Gasteiger partial charge in [0.1, 0.15) is 0 Å². The second-order valence-corrected chi connectivity index (χ2v) is 5.30. The second kappa shape index (κ2) is 8.29. The van der Waals surface area contributed by atoms with Crippen molar-refractivity contribution in [2.75, 3.05) is 19.6 Å². The normalized spacial score (nSPS) is 16.0. The van der Waals surface area contributed by atoms with E-state index >= 15 is 0 Å². The van der Waals surface area contributed by atoms with Gasteiger partial charge in [-0.15, -0.1) is 12.4 Å². The van der Waals surface area contributed by atoms with E-state index in [0.717, 1.165) is 18.7 Å². The third-order valence-electron chi connectivity index (χ3n) is 3.80. The summed E-state index contributed by atoms with van der Waals surface area (Å²) in [6, 6.07) is 9.26. The summed E-state index contributed by atoms with van der Waals surface area (Å²) in [5.41, 5.74) is 0.875. The maximum atomic E-state index is 12.7. The molecule has 0 radical (unpaired) electrons. The summed E-state index contributed by atoms with van der Waals surface area (Å²) in [6.45, 7) is 3.16. The molecule has 3 nitrogen and oxygen atoms in total. The van der Waals surface area contributed by atoms with Gasteiger partial charge >= 0.3 is 0 Å². The Kier molecular flexibility index (Phi) is 7.05. The number of carbonyl (C=O) groups excluding carboxylic acids is 1. The molecule has 0 spiro atoms. The van der Waals surface area contributed by atoms with Crippen LogP contribution >= 0.6 is 12.4 Å². The molecule has 1 aromatic carbocycles. The van der Waals surface area contributed by atoms with E-state index in [1.165, 1.54) is 4.90 Å². The third-order valence-corrected chi connectivity index (χ3v) is 3.80. The summed E-state index contributed by atoms with van der Waals surface area (Å²) < 4.78 is 25.4.